The zero-order chi connectivity index (χ0) is 14.7. The van der Waals surface area contributed by atoms with E-state index in [4.69, 9.17) is 28.3 Å². The molecule has 4 nitrogen and oxygen atoms in total. The van der Waals surface area contributed by atoms with Gasteiger partial charge in [0, 0.05) is 5.69 Å². The number of carbonyl (C=O) groups is 2. The van der Waals surface area contributed by atoms with Crippen LogP contribution in [-0.2, 0) is 9.59 Å². The molecule has 0 bridgehead atoms. The number of aliphatic carboxylic acids is 1. The number of halogens is 2. The summed E-state index contributed by atoms with van der Waals surface area (Å²) < 4.78 is 0. The lowest BCUT2D eigenvalue weighted by molar-refractivity contribution is -0.146. The second-order valence-electron chi connectivity index (χ2n) is 4.61. The fourth-order valence-electron chi connectivity index (χ4n) is 2.19. The van der Waals surface area contributed by atoms with Crippen molar-refractivity contribution in [1.82, 2.24) is 0 Å². The number of anilines is 1. The van der Waals surface area contributed by atoms with Crippen molar-refractivity contribution in [2.75, 3.05) is 5.32 Å². The van der Waals surface area contributed by atoms with Crippen LogP contribution >= 0.6 is 23.2 Å². The van der Waals surface area contributed by atoms with Gasteiger partial charge in [0.05, 0.1) is 21.9 Å². The van der Waals surface area contributed by atoms with E-state index in [-0.39, 0.29) is 5.91 Å². The third kappa shape index (κ3) is 3.32. The Bertz CT molecular complexity index is 572. The van der Waals surface area contributed by atoms with Crippen LogP contribution in [0.1, 0.15) is 12.8 Å². The van der Waals surface area contributed by atoms with Gasteiger partial charge in [0.15, 0.2) is 0 Å². The number of carboxylic acid groups (broad SMARTS) is 1. The molecule has 1 aromatic carbocycles. The molecule has 1 amide bonds. The average Bonchev–Trinajstić information content (AvgIpc) is 2.43. The van der Waals surface area contributed by atoms with Gasteiger partial charge in [-0.2, -0.15) is 0 Å². The van der Waals surface area contributed by atoms with E-state index in [0.29, 0.717) is 28.6 Å². The molecule has 2 atom stereocenters. The molecule has 2 N–H and O–H groups in total. The Balaban J connectivity index is 2.12. The number of carboxylic acids is 1. The van der Waals surface area contributed by atoms with Gasteiger partial charge >= 0.3 is 5.97 Å². The predicted molar refractivity (Wildman–Crippen MR) is 78.1 cm³/mol. The van der Waals surface area contributed by atoms with E-state index in [0.717, 1.165) is 0 Å². The number of hydrogen-bond donors (Lipinski definition) is 2. The largest absolute Gasteiger partial charge is 0.481 e. The first kappa shape index (κ1) is 14.9. The molecule has 2 rings (SSSR count). The van der Waals surface area contributed by atoms with Crippen molar-refractivity contribution in [2.24, 2.45) is 11.8 Å². The number of allylic oxidation sites excluding steroid dienone is 2. The third-order valence-electron chi connectivity index (χ3n) is 3.27. The molecule has 106 valence electrons. The molecule has 0 aliphatic heterocycles. The normalized spacial score (nSPS) is 21.5. The number of rotatable bonds is 3. The molecule has 20 heavy (non-hydrogen) atoms. The maximum absolute atomic E-state index is 12.2. The highest BCUT2D eigenvalue weighted by Crippen LogP contribution is 2.29. The highest BCUT2D eigenvalue weighted by Gasteiger charge is 2.33. The molecule has 0 saturated heterocycles. The summed E-state index contributed by atoms with van der Waals surface area (Å²) in [4.78, 5) is 23.4. The smallest absolute Gasteiger partial charge is 0.307 e. The lowest BCUT2D eigenvalue weighted by Gasteiger charge is -2.24. The Morgan fingerprint density at radius 2 is 1.75 bits per heavy atom. The fourth-order valence-corrected chi connectivity index (χ4v) is 2.48. The Morgan fingerprint density at radius 1 is 1.10 bits per heavy atom. The molecular weight excluding hydrogens is 301 g/mol. The van der Waals surface area contributed by atoms with E-state index in [1.807, 2.05) is 6.08 Å². The first-order valence-electron chi connectivity index (χ1n) is 6.12. The minimum Gasteiger partial charge on any atom is -0.481 e. The van der Waals surface area contributed by atoms with Gasteiger partial charge in [0.25, 0.3) is 0 Å². The number of amides is 1. The summed E-state index contributed by atoms with van der Waals surface area (Å²) in [7, 11) is 0. The maximum atomic E-state index is 12.2. The van der Waals surface area contributed by atoms with Gasteiger partial charge in [-0.3, -0.25) is 9.59 Å². The first-order valence-corrected chi connectivity index (χ1v) is 6.88. The summed E-state index contributed by atoms with van der Waals surface area (Å²) in [5, 5.41) is 12.6. The summed E-state index contributed by atoms with van der Waals surface area (Å²) in [6.07, 6.45) is 4.42. The van der Waals surface area contributed by atoms with E-state index in [1.165, 1.54) is 6.07 Å². The van der Waals surface area contributed by atoms with E-state index in [1.54, 1.807) is 18.2 Å². The van der Waals surface area contributed by atoms with Gasteiger partial charge in [0.1, 0.15) is 0 Å². The van der Waals surface area contributed by atoms with Gasteiger partial charge in [-0.05, 0) is 31.0 Å². The van der Waals surface area contributed by atoms with Gasteiger partial charge < -0.3 is 10.4 Å². The summed E-state index contributed by atoms with van der Waals surface area (Å²) in [6, 6.07) is 4.74. The lowest BCUT2D eigenvalue weighted by Crippen LogP contribution is -2.34. The monoisotopic (exact) mass is 313 g/mol. The van der Waals surface area contributed by atoms with Crippen molar-refractivity contribution in [3.05, 3.63) is 40.4 Å². The van der Waals surface area contributed by atoms with Crippen molar-refractivity contribution in [3.8, 4) is 0 Å². The molecule has 1 aliphatic rings. The van der Waals surface area contributed by atoms with Crippen LogP contribution in [-0.4, -0.2) is 17.0 Å². The molecule has 0 spiro atoms. The van der Waals surface area contributed by atoms with Crippen molar-refractivity contribution < 1.29 is 14.7 Å². The molecule has 0 heterocycles. The van der Waals surface area contributed by atoms with Gasteiger partial charge in [0.2, 0.25) is 5.91 Å². The maximum Gasteiger partial charge on any atom is 0.307 e. The molecule has 1 aromatic rings. The SMILES string of the molecule is O=C(O)[C@H]1CC=CC[C@H]1C(=O)Nc1ccc(Cl)c(Cl)c1. The van der Waals surface area contributed by atoms with Crippen LogP contribution in [0.4, 0.5) is 5.69 Å². The van der Waals surface area contributed by atoms with Crippen LogP contribution in [0, 0.1) is 11.8 Å². The Labute approximate surface area is 126 Å². The Kier molecular flexibility index (Phi) is 4.68. The Hall–Kier alpha value is -1.52. The second kappa shape index (κ2) is 6.29. The van der Waals surface area contributed by atoms with E-state index in [2.05, 4.69) is 5.32 Å². The minimum absolute atomic E-state index is 0.319. The van der Waals surface area contributed by atoms with Crippen molar-refractivity contribution in [3.63, 3.8) is 0 Å². The standard InChI is InChI=1S/C14H13Cl2NO3/c15-11-6-5-8(7-12(11)16)17-13(18)9-3-1-2-4-10(9)14(19)20/h1-2,5-7,9-10H,3-4H2,(H,17,18)(H,19,20)/t9-,10+/m1/s1. The van der Waals surface area contributed by atoms with Gasteiger partial charge in [-0.25, -0.2) is 0 Å². The molecule has 0 fully saturated rings. The van der Waals surface area contributed by atoms with Crippen molar-refractivity contribution in [2.45, 2.75) is 12.8 Å². The van der Waals surface area contributed by atoms with Crippen LogP contribution in [0.2, 0.25) is 10.0 Å². The van der Waals surface area contributed by atoms with E-state index >= 15 is 0 Å². The Morgan fingerprint density at radius 3 is 2.35 bits per heavy atom. The van der Waals surface area contributed by atoms with Crippen LogP contribution in [0.5, 0.6) is 0 Å². The quantitative estimate of drug-likeness (QED) is 0.838. The van der Waals surface area contributed by atoms with Crippen LogP contribution in [0.15, 0.2) is 30.4 Å². The molecule has 0 unspecified atom stereocenters. The zero-order valence-electron chi connectivity index (χ0n) is 10.5. The highest BCUT2D eigenvalue weighted by molar-refractivity contribution is 6.42. The molecule has 0 aromatic heterocycles. The highest BCUT2D eigenvalue weighted by atomic mass is 35.5. The predicted octanol–water partition coefficient (Wildman–Crippen LogP) is 3.60. The lowest BCUT2D eigenvalue weighted by atomic mass is 9.82. The van der Waals surface area contributed by atoms with E-state index < -0.39 is 17.8 Å². The third-order valence-corrected chi connectivity index (χ3v) is 4.01. The van der Waals surface area contributed by atoms with Crippen LogP contribution in [0.3, 0.4) is 0 Å². The number of carbonyl (C=O) groups excluding carboxylic acids is 1. The fraction of sp³-hybridized carbons (Fsp3) is 0.286. The zero-order valence-corrected chi connectivity index (χ0v) is 12.0. The van der Waals surface area contributed by atoms with Crippen molar-refractivity contribution in [1.29, 1.82) is 0 Å². The molecule has 6 heteroatoms. The summed E-state index contributed by atoms with van der Waals surface area (Å²) in [6.45, 7) is 0. The first-order chi connectivity index (χ1) is 9.49. The number of nitrogens with one attached hydrogen (secondary N) is 1. The molecule has 0 saturated carbocycles. The second-order valence-corrected chi connectivity index (χ2v) is 5.43. The minimum atomic E-state index is -0.955. The van der Waals surface area contributed by atoms with Gasteiger partial charge in [-0.1, -0.05) is 35.4 Å². The van der Waals surface area contributed by atoms with Crippen LogP contribution < -0.4 is 5.32 Å². The van der Waals surface area contributed by atoms with Gasteiger partial charge in [-0.15, -0.1) is 0 Å². The van der Waals surface area contributed by atoms with Crippen molar-refractivity contribution >= 4 is 40.8 Å². The van der Waals surface area contributed by atoms with E-state index in [9.17, 15) is 9.59 Å². The van der Waals surface area contributed by atoms with Crippen LogP contribution in [0.25, 0.3) is 0 Å². The topological polar surface area (TPSA) is 66.4 Å². The summed E-state index contributed by atoms with van der Waals surface area (Å²) >= 11 is 11.7. The molecular formula is C14H13Cl2NO3. The number of benzene rings is 1. The molecule has 0 radical (unpaired) electrons. The summed E-state index contributed by atoms with van der Waals surface area (Å²) in [5.74, 6) is -2.54. The average molecular weight is 314 g/mol. The number of hydrogen-bond acceptors (Lipinski definition) is 2. The summed E-state index contributed by atoms with van der Waals surface area (Å²) in [5.41, 5.74) is 0.503. The molecule has 1 aliphatic carbocycles.